The number of carbonyl (C=O) groups is 1. The zero-order valence-corrected chi connectivity index (χ0v) is 10.3. The number of nitrogens with zero attached hydrogens (tertiary/aromatic N) is 3. The van der Waals surface area contributed by atoms with Gasteiger partial charge in [-0.3, -0.25) is 0 Å². The summed E-state index contributed by atoms with van der Waals surface area (Å²) in [5.41, 5.74) is 0.595. The maximum Gasteiger partial charge on any atom is 0.339 e. The van der Waals surface area contributed by atoms with Crippen molar-refractivity contribution in [3.8, 4) is 0 Å². The second-order valence-electron chi connectivity index (χ2n) is 3.59. The Hall–Kier alpha value is -1.69. The monoisotopic (exact) mass is 239 g/mol. The van der Waals surface area contributed by atoms with Crippen LogP contribution in [0.2, 0.25) is 0 Å². The normalized spacial score (nSPS) is 10.3. The van der Waals surface area contributed by atoms with E-state index < -0.39 is 5.97 Å². The van der Waals surface area contributed by atoms with Crippen LogP contribution in [-0.2, 0) is 4.74 Å². The molecule has 0 radical (unpaired) electrons. The molecule has 0 saturated carbocycles. The number of likely N-dealkylation sites (N-methyl/N-ethyl adjacent to an activating group) is 1. The van der Waals surface area contributed by atoms with E-state index in [9.17, 15) is 4.79 Å². The lowest BCUT2D eigenvalue weighted by atomic mass is 10.2. The Kier molecular flexibility index (Phi) is 4.84. The molecule has 0 fully saturated rings. The van der Waals surface area contributed by atoms with Gasteiger partial charge in [0.05, 0.1) is 17.9 Å². The Morgan fingerprint density at radius 1 is 1.59 bits per heavy atom. The molecule has 0 aromatic carbocycles. The van der Waals surface area contributed by atoms with E-state index >= 15 is 0 Å². The van der Waals surface area contributed by atoms with Crippen LogP contribution < -0.4 is 4.90 Å². The highest BCUT2D eigenvalue weighted by atomic mass is 16.5. The van der Waals surface area contributed by atoms with Gasteiger partial charge in [-0.2, -0.15) is 0 Å². The van der Waals surface area contributed by atoms with Gasteiger partial charge in [0.2, 0.25) is 5.95 Å². The summed E-state index contributed by atoms with van der Waals surface area (Å²) >= 11 is 0. The molecular weight excluding hydrogens is 222 g/mol. The van der Waals surface area contributed by atoms with Crippen LogP contribution in [0.5, 0.6) is 0 Å². The minimum absolute atomic E-state index is 0.131. The topological polar surface area (TPSA) is 75.5 Å². The Morgan fingerprint density at radius 2 is 2.29 bits per heavy atom. The van der Waals surface area contributed by atoms with Crippen molar-refractivity contribution in [2.75, 3.05) is 31.7 Å². The van der Waals surface area contributed by atoms with E-state index in [0.29, 0.717) is 31.4 Å². The third-order valence-corrected chi connectivity index (χ3v) is 2.31. The summed E-state index contributed by atoms with van der Waals surface area (Å²) in [7, 11) is 1.84. The second-order valence-corrected chi connectivity index (χ2v) is 3.59. The molecule has 0 aliphatic heterocycles. The average molecular weight is 239 g/mol. The van der Waals surface area contributed by atoms with Gasteiger partial charge in [-0.25, -0.2) is 14.8 Å². The predicted octanol–water partition coefficient (Wildman–Crippen LogP) is 0.956. The summed E-state index contributed by atoms with van der Waals surface area (Å²) in [6.45, 7) is 5.52. The number of rotatable bonds is 6. The van der Waals surface area contributed by atoms with Crippen molar-refractivity contribution < 1.29 is 14.6 Å². The van der Waals surface area contributed by atoms with Crippen molar-refractivity contribution in [1.29, 1.82) is 0 Å². The molecule has 0 aliphatic carbocycles. The fourth-order valence-electron chi connectivity index (χ4n) is 1.29. The molecule has 0 saturated heterocycles. The number of hydrogen-bond donors (Lipinski definition) is 1. The van der Waals surface area contributed by atoms with Crippen LogP contribution in [0.15, 0.2) is 6.20 Å². The summed E-state index contributed by atoms with van der Waals surface area (Å²) in [4.78, 5) is 20.8. The van der Waals surface area contributed by atoms with E-state index in [1.807, 2.05) is 18.9 Å². The Labute approximate surface area is 100 Å². The molecule has 0 amide bonds. The van der Waals surface area contributed by atoms with Gasteiger partial charge in [0, 0.05) is 26.4 Å². The number of aromatic nitrogens is 2. The molecule has 1 rings (SSSR count). The molecule has 1 N–H and O–H groups in total. The SMILES string of the molecule is CCOCCN(C)c1ncc(C(=O)O)c(C)n1. The lowest BCUT2D eigenvalue weighted by Gasteiger charge is -2.17. The Bertz CT molecular complexity index is 396. The van der Waals surface area contributed by atoms with Gasteiger partial charge in [0.25, 0.3) is 0 Å². The van der Waals surface area contributed by atoms with E-state index in [4.69, 9.17) is 9.84 Å². The largest absolute Gasteiger partial charge is 0.478 e. The fourth-order valence-corrected chi connectivity index (χ4v) is 1.29. The molecular formula is C11H17N3O3. The summed E-state index contributed by atoms with van der Waals surface area (Å²) in [6.07, 6.45) is 1.33. The van der Waals surface area contributed by atoms with Crippen LogP contribution in [0.4, 0.5) is 5.95 Å². The summed E-state index contributed by atoms with van der Waals surface area (Å²) in [6, 6.07) is 0. The Balaban J connectivity index is 2.72. The smallest absolute Gasteiger partial charge is 0.339 e. The molecule has 0 aliphatic rings. The molecule has 6 heteroatoms. The maximum absolute atomic E-state index is 10.8. The van der Waals surface area contributed by atoms with E-state index in [2.05, 4.69) is 9.97 Å². The van der Waals surface area contributed by atoms with Gasteiger partial charge in [-0.15, -0.1) is 0 Å². The summed E-state index contributed by atoms with van der Waals surface area (Å²) in [5.74, 6) is -0.502. The van der Waals surface area contributed by atoms with E-state index in [-0.39, 0.29) is 5.56 Å². The fraction of sp³-hybridized carbons (Fsp3) is 0.545. The van der Waals surface area contributed by atoms with Crippen LogP contribution in [0.25, 0.3) is 0 Å². The summed E-state index contributed by atoms with van der Waals surface area (Å²) in [5, 5.41) is 8.85. The number of aromatic carboxylic acids is 1. The van der Waals surface area contributed by atoms with Crippen LogP contribution in [-0.4, -0.2) is 47.8 Å². The van der Waals surface area contributed by atoms with Crippen molar-refractivity contribution >= 4 is 11.9 Å². The van der Waals surface area contributed by atoms with Gasteiger partial charge in [0.1, 0.15) is 0 Å². The first kappa shape index (κ1) is 13.4. The standard InChI is InChI=1S/C11H17N3O3/c1-4-17-6-5-14(3)11-12-7-9(10(15)16)8(2)13-11/h7H,4-6H2,1-3H3,(H,15,16). The van der Waals surface area contributed by atoms with Gasteiger partial charge >= 0.3 is 5.97 Å². The van der Waals surface area contributed by atoms with E-state index in [1.165, 1.54) is 6.20 Å². The van der Waals surface area contributed by atoms with Gasteiger partial charge in [-0.1, -0.05) is 0 Å². The molecule has 17 heavy (non-hydrogen) atoms. The van der Waals surface area contributed by atoms with Crippen molar-refractivity contribution in [2.24, 2.45) is 0 Å². The molecule has 0 bridgehead atoms. The average Bonchev–Trinajstić information content (AvgIpc) is 2.28. The van der Waals surface area contributed by atoms with Crippen LogP contribution >= 0.6 is 0 Å². The van der Waals surface area contributed by atoms with Crippen molar-refractivity contribution in [2.45, 2.75) is 13.8 Å². The minimum atomic E-state index is -1.01. The minimum Gasteiger partial charge on any atom is -0.478 e. The van der Waals surface area contributed by atoms with Gasteiger partial charge in [0.15, 0.2) is 0 Å². The first-order valence-electron chi connectivity index (χ1n) is 5.42. The highest BCUT2D eigenvalue weighted by Gasteiger charge is 2.11. The summed E-state index contributed by atoms with van der Waals surface area (Å²) < 4.78 is 5.23. The van der Waals surface area contributed by atoms with E-state index in [1.54, 1.807) is 6.92 Å². The highest BCUT2D eigenvalue weighted by molar-refractivity contribution is 5.88. The predicted molar refractivity (Wildman–Crippen MR) is 63.5 cm³/mol. The van der Waals surface area contributed by atoms with Crippen molar-refractivity contribution in [3.63, 3.8) is 0 Å². The highest BCUT2D eigenvalue weighted by Crippen LogP contribution is 2.09. The molecule has 6 nitrogen and oxygen atoms in total. The third kappa shape index (κ3) is 3.67. The number of aryl methyl sites for hydroxylation is 1. The van der Waals surface area contributed by atoms with Crippen molar-refractivity contribution in [3.05, 3.63) is 17.5 Å². The van der Waals surface area contributed by atoms with Gasteiger partial charge in [-0.05, 0) is 13.8 Å². The number of carboxylic acids is 1. The molecule has 1 aromatic rings. The zero-order valence-electron chi connectivity index (χ0n) is 10.3. The lowest BCUT2D eigenvalue weighted by Crippen LogP contribution is -2.25. The van der Waals surface area contributed by atoms with Crippen LogP contribution in [0.3, 0.4) is 0 Å². The molecule has 94 valence electrons. The van der Waals surface area contributed by atoms with Crippen LogP contribution in [0, 0.1) is 6.92 Å². The Morgan fingerprint density at radius 3 is 2.82 bits per heavy atom. The molecule has 1 aromatic heterocycles. The molecule has 0 spiro atoms. The zero-order chi connectivity index (χ0) is 12.8. The molecule has 0 unspecified atom stereocenters. The first-order valence-corrected chi connectivity index (χ1v) is 5.42. The van der Waals surface area contributed by atoms with Crippen molar-refractivity contribution in [1.82, 2.24) is 9.97 Å². The first-order chi connectivity index (χ1) is 8.06. The number of carboxylic acid groups (broad SMARTS) is 1. The number of anilines is 1. The number of ether oxygens (including phenoxy) is 1. The maximum atomic E-state index is 10.8. The number of hydrogen-bond acceptors (Lipinski definition) is 5. The molecule has 0 atom stereocenters. The quantitative estimate of drug-likeness (QED) is 0.745. The molecule has 1 heterocycles. The lowest BCUT2D eigenvalue weighted by molar-refractivity contribution is 0.0695. The van der Waals surface area contributed by atoms with Crippen LogP contribution in [0.1, 0.15) is 23.0 Å². The van der Waals surface area contributed by atoms with Gasteiger partial charge < -0.3 is 14.7 Å². The third-order valence-electron chi connectivity index (χ3n) is 2.31. The van der Waals surface area contributed by atoms with E-state index in [0.717, 1.165) is 0 Å². The second kappa shape index (κ2) is 6.15.